The van der Waals surface area contributed by atoms with E-state index in [0.29, 0.717) is 29.8 Å². The standard InChI is InChI=1S/C21H25N5O2/c1-13(2)17-9-4-14(3)10-18(17)28-12-20(27)23-16-7-5-15(6-8-16)21-24-19(11-22)25-26-21/h4-10,13H,11-12,22H2,1-3H3,(H,23,27)(H,24,25,26). The monoisotopic (exact) mass is 379 g/mol. The number of nitrogens with zero attached hydrogens (tertiary/aromatic N) is 2. The largest absolute Gasteiger partial charge is 0.483 e. The number of nitrogens with one attached hydrogen (secondary N) is 2. The van der Waals surface area contributed by atoms with E-state index in [2.05, 4.69) is 40.4 Å². The molecule has 146 valence electrons. The second kappa shape index (κ2) is 8.67. The SMILES string of the molecule is Cc1ccc(C(C)C)c(OCC(=O)Nc2ccc(-c3n[nH]c(CN)n3)cc2)c1. The molecule has 7 heteroatoms. The lowest BCUT2D eigenvalue weighted by molar-refractivity contribution is -0.118. The lowest BCUT2D eigenvalue weighted by Gasteiger charge is -2.15. The van der Waals surface area contributed by atoms with Crippen molar-refractivity contribution in [2.75, 3.05) is 11.9 Å². The highest BCUT2D eigenvalue weighted by Gasteiger charge is 2.11. The minimum atomic E-state index is -0.215. The second-order valence-corrected chi connectivity index (χ2v) is 6.92. The molecule has 0 aliphatic heterocycles. The van der Waals surface area contributed by atoms with Crippen molar-refractivity contribution in [3.05, 3.63) is 59.4 Å². The van der Waals surface area contributed by atoms with Crippen LogP contribution >= 0.6 is 0 Å². The molecule has 0 fully saturated rings. The van der Waals surface area contributed by atoms with Gasteiger partial charge in [0.05, 0.1) is 6.54 Å². The zero-order chi connectivity index (χ0) is 20.1. The van der Waals surface area contributed by atoms with Gasteiger partial charge in [-0.05, 0) is 54.3 Å². The minimum Gasteiger partial charge on any atom is -0.483 e. The molecule has 3 aromatic rings. The first kappa shape index (κ1) is 19.6. The van der Waals surface area contributed by atoms with Crippen LogP contribution in [0.1, 0.15) is 36.7 Å². The van der Waals surface area contributed by atoms with Crippen LogP contribution in [-0.2, 0) is 11.3 Å². The second-order valence-electron chi connectivity index (χ2n) is 6.92. The number of carbonyl (C=O) groups excluding carboxylic acids is 1. The van der Waals surface area contributed by atoms with Crippen LogP contribution in [0.4, 0.5) is 5.69 Å². The van der Waals surface area contributed by atoms with Crippen LogP contribution in [0.5, 0.6) is 5.75 Å². The fourth-order valence-corrected chi connectivity index (χ4v) is 2.80. The summed E-state index contributed by atoms with van der Waals surface area (Å²) in [6.07, 6.45) is 0. The number of benzene rings is 2. The summed E-state index contributed by atoms with van der Waals surface area (Å²) in [4.78, 5) is 16.6. The Labute approximate surface area is 164 Å². The highest BCUT2D eigenvalue weighted by molar-refractivity contribution is 5.92. The van der Waals surface area contributed by atoms with E-state index in [-0.39, 0.29) is 12.5 Å². The summed E-state index contributed by atoms with van der Waals surface area (Å²) in [7, 11) is 0. The number of aryl methyl sites for hydroxylation is 1. The number of anilines is 1. The molecule has 0 aliphatic rings. The van der Waals surface area contributed by atoms with Crippen LogP contribution in [-0.4, -0.2) is 27.7 Å². The van der Waals surface area contributed by atoms with E-state index >= 15 is 0 Å². The Morgan fingerprint density at radius 2 is 1.96 bits per heavy atom. The first-order valence-electron chi connectivity index (χ1n) is 9.21. The molecule has 1 amide bonds. The Hall–Kier alpha value is -3.19. The predicted octanol–water partition coefficient (Wildman–Crippen LogP) is 3.38. The third-order valence-corrected chi connectivity index (χ3v) is 4.30. The van der Waals surface area contributed by atoms with E-state index in [1.165, 1.54) is 0 Å². The number of carbonyl (C=O) groups is 1. The van der Waals surface area contributed by atoms with Crippen molar-refractivity contribution in [2.45, 2.75) is 33.2 Å². The maximum atomic E-state index is 12.3. The van der Waals surface area contributed by atoms with Crippen molar-refractivity contribution in [1.29, 1.82) is 0 Å². The molecule has 0 saturated heterocycles. The fraction of sp³-hybridized carbons (Fsp3) is 0.286. The molecule has 2 aromatic carbocycles. The van der Waals surface area contributed by atoms with E-state index in [0.717, 1.165) is 22.4 Å². The fourth-order valence-electron chi connectivity index (χ4n) is 2.80. The van der Waals surface area contributed by atoms with Crippen LogP contribution in [0.25, 0.3) is 11.4 Å². The van der Waals surface area contributed by atoms with E-state index in [1.54, 1.807) is 12.1 Å². The summed E-state index contributed by atoms with van der Waals surface area (Å²) in [6.45, 7) is 6.46. The highest BCUT2D eigenvalue weighted by Crippen LogP contribution is 2.27. The number of rotatable bonds is 7. The van der Waals surface area contributed by atoms with Crippen molar-refractivity contribution < 1.29 is 9.53 Å². The van der Waals surface area contributed by atoms with Gasteiger partial charge < -0.3 is 15.8 Å². The first-order valence-corrected chi connectivity index (χ1v) is 9.21. The Morgan fingerprint density at radius 3 is 2.61 bits per heavy atom. The maximum absolute atomic E-state index is 12.3. The Morgan fingerprint density at radius 1 is 1.21 bits per heavy atom. The van der Waals surface area contributed by atoms with Crippen LogP contribution < -0.4 is 15.8 Å². The number of aromatic nitrogens is 3. The van der Waals surface area contributed by atoms with Crippen molar-refractivity contribution in [2.24, 2.45) is 5.73 Å². The zero-order valence-electron chi connectivity index (χ0n) is 16.3. The Kier molecular flexibility index (Phi) is 6.06. The number of hydrogen-bond donors (Lipinski definition) is 3. The molecular weight excluding hydrogens is 354 g/mol. The number of H-pyrrole nitrogens is 1. The average molecular weight is 379 g/mol. The summed E-state index contributed by atoms with van der Waals surface area (Å²) in [6, 6.07) is 13.4. The molecule has 3 rings (SSSR count). The summed E-state index contributed by atoms with van der Waals surface area (Å²) >= 11 is 0. The number of ether oxygens (including phenoxy) is 1. The smallest absolute Gasteiger partial charge is 0.262 e. The quantitative estimate of drug-likeness (QED) is 0.583. The summed E-state index contributed by atoms with van der Waals surface area (Å²) in [5.74, 6) is 2.05. The van der Waals surface area contributed by atoms with Crippen molar-refractivity contribution in [1.82, 2.24) is 15.2 Å². The van der Waals surface area contributed by atoms with Crippen molar-refractivity contribution in [3.8, 4) is 17.1 Å². The molecule has 1 heterocycles. The lowest BCUT2D eigenvalue weighted by Crippen LogP contribution is -2.20. The molecule has 0 unspecified atom stereocenters. The molecule has 0 spiro atoms. The van der Waals surface area contributed by atoms with Gasteiger partial charge in [-0.3, -0.25) is 9.89 Å². The molecular formula is C21H25N5O2. The number of nitrogens with two attached hydrogens (primary N) is 1. The molecule has 0 atom stereocenters. The number of amides is 1. The van der Waals surface area contributed by atoms with Gasteiger partial charge in [0.1, 0.15) is 11.6 Å². The summed E-state index contributed by atoms with van der Waals surface area (Å²) in [5.41, 5.74) is 9.24. The van der Waals surface area contributed by atoms with Crippen LogP contribution in [0.3, 0.4) is 0 Å². The highest BCUT2D eigenvalue weighted by atomic mass is 16.5. The van der Waals surface area contributed by atoms with Gasteiger partial charge in [-0.15, -0.1) is 0 Å². The van der Waals surface area contributed by atoms with Gasteiger partial charge in [0.25, 0.3) is 5.91 Å². The predicted molar refractivity (Wildman–Crippen MR) is 109 cm³/mol. The Bertz CT molecular complexity index is 948. The molecule has 0 bridgehead atoms. The van der Waals surface area contributed by atoms with E-state index in [9.17, 15) is 4.79 Å². The van der Waals surface area contributed by atoms with Crippen molar-refractivity contribution in [3.63, 3.8) is 0 Å². The molecule has 0 radical (unpaired) electrons. The normalized spacial score (nSPS) is 10.9. The molecule has 4 N–H and O–H groups in total. The van der Waals surface area contributed by atoms with Gasteiger partial charge in [0.2, 0.25) is 0 Å². The maximum Gasteiger partial charge on any atom is 0.262 e. The Balaban J connectivity index is 1.60. The van der Waals surface area contributed by atoms with Crippen LogP contribution in [0.15, 0.2) is 42.5 Å². The van der Waals surface area contributed by atoms with Gasteiger partial charge in [-0.25, -0.2) is 4.98 Å². The van der Waals surface area contributed by atoms with Gasteiger partial charge >= 0.3 is 0 Å². The first-order chi connectivity index (χ1) is 13.5. The third-order valence-electron chi connectivity index (χ3n) is 4.30. The summed E-state index contributed by atoms with van der Waals surface area (Å²) in [5, 5.41) is 9.73. The van der Waals surface area contributed by atoms with Crippen LogP contribution in [0.2, 0.25) is 0 Å². The topological polar surface area (TPSA) is 106 Å². The molecule has 28 heavy (non-hydrogen) atoms. The minimum absolute atomic E-state index is 0.0499. The van der Waals surface area contributed by atoms with Crippen LogP contribution in [0, 0.1) is 6.92 Å². The molecule has 0 saturated carbocycles. The van der Waals surface area contributed by atoms with E-state index in [4.69, 9.17) is 10.5 Å². The van der Waals surface area contributed by atoms with Gasteiger partial charge in [-0.1, -0.05) is 26.0 Å². The summed E-state index contributed by atoms with van der Waals surface area (Å²) < 4.78 is 5.77. The van der Waals surface area contributed by atoms with Gasteiger partial charge in [-0.2, -0.15) is 5.10 Å². The zero-order valence-corrected chi connectivity index (χ0v) is 16.3. The molecule has 1 aromatic heterocycles. The lowest BCUT2D eigenvalue weighted by atomic mass is 10.0. The van der Waals surface area contributed by atoms with Gasteiger partial charge in [0, 0.05) is 11.3 Å². The van der Waals surface area contributed by atoms with Gasteiger partial charge in [0.15, 0.2) is 12.4 Å². The van der Waals surface area contributed by atoms with Crippen molar-refractivity contribution >= 4 is 11.6 Å². The van der Waals surface area contributed by atoms with E-state index in [1.807, 2.05) is 31.2 Å². The molecule has 7 nitrogen and oxygen atoms in total. The molecule has 0 aliphatic carbocycles. The van der Waals surface area contributed by atoms with E-state index < -0.39 is 0 Å². The average Bonchev–Trinajstić information content (AvgIpc) is 3.16. The number of hydrogen-bond acceptors (Lipinski definition) is 5. The third kappa shape index (κ3) is 4.75. The number of aromatic amines is 1.